The molecule has 0 bridgehead atoms. The number of nitrogens with one attached hydrogen (secondary N) is 2. The summed E-state index contributed by atoms with van der Waals surface area (Å²) in [5, 5.41) is 13.1. The van der Waals surface area contributed by atoms with E-state index >= 15 is 0 Å². The number of benzene rings is 5. The van der Waals surface area contributed by atoms with Crippen LogP contribution in [0.5, 0.6) is 0 Å². The molecule has 0 saturated carbocycles. The van der Waals surface area contributed by atoms with Gasteiger partial charge in [0.15, 0.2) is 0 Å². The molecule has 8 heteroatoms. The second-order valence-corrected chi connectivity index (χ2v) is 11.2. The van der Waals surface area contributed by atoms with Crippen LogP contribution in [0, 0.1) is 11.2 Å². The smallest absolute Gasteiger partial charge is 0.241 e. The summed E-state index contributed by atoms with van der Waals surface area (Å²) in [6.07, 6.45) is 1.54. The van der Waals surface area contributed by atoms with Gasteiger partial charge in [0.2, 0.25) is 5.91 Å². The summed E-state index contributed by atoms with van der Waals surface area (Å²) in [7, 11) is 2.02. The molecule has 1 heterocycles. The Morgan fingerprint density at radius 1 is 0.911 bits per heavy atom. The van der Waals surface area contributed by atoms with Crippen LogP contribution in [-0.4, -0.2) is 27.8 Å². The third kappa shape index (κ3) is 6.76. The van der Waals surface area contributed by atoms with E-state index in [1.54, 1.807) is 12.1 Å². The van der Waals surface area contributed by atoms with E-state index in [1.165, 1.54) is 12.1 Å². The molecule has 0 aliphatic heterocycles. The summed E-state index contributed by atoms with van der Waals surface area (Å²) in [6, 6.07) is 34.4. The van der Waals surface area contributed by atoms with Crippen molar-refractivity contribution in [2.75, 3.05) is 11.4 Å². The number of imidazole rings is 1. The number of hydrogen-bond acceptors (Lipinski definition) is 4. The maximum Gasteiger partial charge on any atom is 0.241 e. The number of fused-ring (bicyclic) bond motifs is 2. The predicted octanol–water partition coefficient (Wildman–Crippen LogP) is 6.26. The topological polar surface area (TPSA) is 100 Å². The van der Waals surface area contributed by atoms with Gasteiger partial charge in [0.25, 0.3) is 0 Å². The second kappa shape index (κ2) is 13.1. The zero-order chi connectivity index (χ0) is 31.3. The maximum atomic E-state index is 13.8. The van der Waals surface area contributed by atoms with Crippen LogP contribution in [-0.2, 0) is 37.8 Å². The number of halogens is 1. The minimum absolute atomic E-state index is 0.0596. The van der Waals surface area contributed by atoms with Crippen molar-refractivity contribution in [2.24, 2.45) is 12.8 Å². The Morgan fingerprint density at radius 2 is 1.64 bits per heavy atom. The highest BCUT2D eigenvalue weighted by molar-refractivity contribution is 5.97. The fourth-order valence-corrected chi connectivity index (χ4v) is 5.67. The molecular weight excluding hydrogens is 563 g/mol. The average molecular weight is 599 g/mol. The highest BCUT2D eigenvalue weighted by Crippen LogP contribution is 2.27. The molecule has 1 amide bonds. The van der Waals surface area contributed by atoms with Gasteiger partial charge < -0.3 is 20.5 Å². The van der Waals surface area contributed by atoms with E-state index in [-0.39, 0.29) is 24.1 Å². The number of nitrogen functional groups attached to an aromatic ring is 1. The van der Waals surface area contributed by atoms with E-state index in [0.29, 0.717) is 18.7 Å². The summed E-state index contributed by atoms with van der Waals surface area (Å²) in [5.74, 6) is 0.650. The number of aryl methyl sites for hydroxylation is 3. The van der Waals surface area contributed by atoms with E-state index in [4.69, 9.17) is 16.1 Å². The van der Waals surface area contributed by atoms with Crippen molar-refractivity contribution >= 4 is 39.2 Å². The Hall–Kier alpha value is -5.34. The van der Waals surface area contributed by atoms with Crippen LogP contribution in [0.2, 0.25) is 0 Å². The molecule has 6 rings (SSSR count). The summed E-state index contributed by atoms with van der Waals surface area (Å²) in [6.45, 7) is 0.976. The summed E-state index contributed by atoms with van der Waals surface area (Å²) >= 11 is 0. The summed E-state index contributed by atoms with van der Waals surface area (Å²) in [5.41, 5.74) is 12.0. The van der Waals surface area contributed by atoms with Gasteiger partial charge in [0.1, 0.15) is 17.5 Å². The van der Waals surface area contributed by atoms with E-state index in [2.05, 4.69) is 34.1 Å². The Balaban J connectivity index is 1.25. The van der Waals surface area contributed by atoms with Gasteiger partial charge in [0.05, 0.1) is 24.1 Å². The Morgan fingerprint density at radius 3 is 2.42 bits per heavy atom. The first-order valence-electron chi connectivity index (χ1n) is 15.0. The number of anilines is 1. The van der Waals surface area contributed by atoms with E-state index in [9.17, 15) is 9.18 Å². The van der Waals surface area contributed by atoms with E-state index in [1.807, 2.05) is 72.6 Å². The molecule has 0 unspecified atom stereocenters. The molecule has 0 saturated heterocycles. The lowest BCUT2D eigenvalue weighted by Gasteiger charge is -2.24. The van der Waals surface area contributed by atoms with Gasteiger partial charge in [-0.1, -0.05) is 78.9 Å². The van der Waals surface area contributed by atoms with Crippen LogP contribution in [0.25, 0.3) is 21.8 Å². The Kier molecular flexibility index (Phi) is 8.66. The molecule has 0 radical (unpaired) electrons. The van der Waals surface area contributed by atoms with Crippen molar-refractivity contribution in [3.63, 3.8) is 0 Å². The van der Waals surface area contributed by atoms with Gasteiger partial charge in [-0.2, -0.15) is 0 Å². The van der Waals surface area contributed by atoms with Crippen LogP contribution in [0.3, 0.4) is 0 Å². The standard InChI is InChI=1S/C37H35FN6O/c1-43-34-19-18-31(21-33(34)42-35(43)20-13-25-9-14-28(15-10-25)37(39)40)44(24-29-7-4-6-27-5-2-3-8-32(27)29)36(45)23-41-22-26-11-16-30(38)17-12-26/h2-12,14-19,21,41H,13,20,22-24H2,1H3,(H3,39,40). The molecule has 4 N–H and O–H groups in total. The van der Waals surface area contributed by atoms with Gasteiger partial charge in [0, 0.05) is 31.3 Å². The fourth-order valence-electron chi connectivity index (χ4n) is 5.67. The van der Waals surface area contributed by atoms with Crippen molar-refractivity contribution in [3.8, 4) is 0 Å². The number of aromatic nitrogens is 2. The van der Waals surface area contributed by atoms with Crippen molar-refractivity contribution in [1.29, 1.82) is 5.41 Å². The van der Waals surface area contributed by atoms with Crippen molar-refractivity contribution < 1.29 is 9.18 Å². The molecule has 226 valence electrons. The number of amidine groups is 1. The number of amides is 1. The number of carbonyl (C=O) groups excluding carboxylic acids is 1. The molecule has 7 nitrogen and oxygen atoms in total. The van der Waals surface area contributed by atoms with Crippen LogP contribution in [0.15, 0.2) is 109 Å². The van der Waals surface area contributed by atoms with Crippen LogP contribution in [0.1, 0.15) is 28.1 Å². The first-order chi connectivity index (χ1) is 21.9. The van der Waals surface area contributed by atoms with Gasteiger partial charge in [-0.05, 0) is 64.2 Å². The molecule has 0 fully saturated rings. The molecule has 0 spiro atoms. The van der Waals surface area contributed by atoms with E-state index in [0.717, 1.165) is 62.8 Å². The molecule has 6 aromatic rings. The van der Waals surface area contributed by atoms with Crippen molar-refractivity contribution in [2.45, 2.75) is 25.9 Å². The largest absolute Gasteiger partial charge is 0.384 e. The number of rotatable bonds is 11. The summed E-state index contributed by atoms with van der Waals surface area (Å²) < 4.78 is 15.4. The van der Waals surface area contributed by atoms with Crippen molar-refractivity contribution in [1.82, 2.24) is 14.9 Å². The normalized spacial score (nSPS) is 11.2. The SMILES string of the molecule is Cn1c(CCc2ccc(C(=N)N)cc2)nc2cc(N(Cc3cccc4ccccc34)C(=O)CNCc3ccc(F)cc3)ccc21. The van der Waals surface area contributed by atoms with Gasteiger partial charge in [-0.3, -0.25) is 10.2 Å². The lowest BCUT2D eigenvalue weighted by molar-refractivity contribution is -0.118. The quantitative estimate of drug-likeness (QED) is 0.121. The third-order valence-corrected chi connectivity index (χ3v) is 8.20. The molecule has 0 aliphatic carbocycles. The molecular formula is C37H35FN6O. The molecule has 0 aliphatic rings. The minimum Gasteiger partial charge on any atom is -0.384 e. The highest BCUT2D eigenvalue weighted by atomic mass is 19.1. The highest BCUT2D eigenvalue weighted by Gasteiger charge is 2.19. The van der Waals surface area contributed by atoms with Gasteiger partial charge in [-0.15, -0.1) is 0 Å². The predicted molar refractivity (Wildman–Crippen MR) is 179 cm³/mol. The molecule has 1 aromatic heterocycles. The minimum atomic E-state index is -0.285. The first kappa shape index (κ1) is 29.7. The van der Waals surface area contributed by atoms with Crippen LogP contribution >= 0.6 is 0 Å². The summed E-state index contributed by atoms with van der Waals surface area (Å²) in [4.78, 5) is 20.6. The zero-order valence-corrected chi connectivity index (χ0v) is 25.1. The van der Waals surface area contributed by atoms with Gasteiger partial charge in [-0.25, -0.2) is 9.37 Å². The average Bonchev–Trinajstić information content (AvgIpc) is 3.37. The maximum absolute atomic E-state index is 13.8. The monoisotopic (exact) mass is 598 g/mol. The van der Waals surface area contributed by atoms with Crippen LogP contribution < -0.4 is 16.0 Å². The van der Waals surface area contributed by atoms with Crippen LogP contribution in [0.4, 0.5) is 10.1 Å². The van der Waals surface area contributed by atoms with Crippen molar-refractivity contribution in [3.05, 3.63) is 143 Å². The zero-order valence-electron chi connectivity index (χ0n) is 25.1. The fraction of sp³-hybridized carbons (Fsp3) is 0.162. The third-order valence-electron chi connectivity index (χ3n) is 8.20. The van der Waals surface area contributed by atoms with Gasteiger partial charge >= 0.3 is 0 Å². The number of carbonyl (C=O) groups is 1. The lowest BCUT2D eigenvalue weighted by atomic mass is 10.0. The molecule has 45 heavy (non-hydrogen) atoms. The number of nitrogens with two attached hydrogens (primary N) is 1. The molecule has 0 atom stereocenters. The number of nitrogens with zero attached hydrogens (tertiary/aromatic N) is 3. The molecule has 5 aromatic carbocycles. The Bertz CT molecular complexity index is 1980. The first-order valence-corrected chi connectivity index (χ1v) is 15.0. The lowest BCUT2D eigenvalue weighted by Crippen LogP contribution is -2.37. The number of hydrogen-bond donors (Lipinski definition) is 3. The second-order valence-electron chi connectivity index (χ2n) is 11.2. The Labute approximate surface area is 261 Å². The van der Waals surface area contributed by atoms with E-state index < -0.39 is 0 Å².